The predicted molar refractivity (Wildman–Crippen MR) is 151 cm³/mol. The molecule has 1 fully saturated rings. The number of benzene rings is 3. The number of anilines is 1. The Morgan fingerprint density at radius 1 is 0.974 bits per heavy atom. The zero-order valence-corrected chi connectivity index (χ0v) is 22.8. The summed E-state index contributed by atoms with van der Waals surface area (Å²) in [4.78, 5) is 33.2. The molecule has 0 aliphatic carbocycles. The van der Waals surface area contributed by atoms with Crippen LogP contribution in [-0.4, -0.2) is 40.1 Å². The zero-order valence-electron chi connectivity index (χ0n) is 22.0. The van der Waals surface area contributed by atoms with Crippen molar-refractivity contribution in [1.29, 1.82) is 0 Å². The number of thiazole rings is 1. The number of Topliss-reactive ketones (excluding diaryl/α,β-unsaturated/α-hetero) is 1. The Morgan fingerprint density at radius 2 is 1.67 bits per heavy atom. The van der Waals surface area contributed by atoms with Crippen LogP contribution in [0.1, 0.15) is 42.1 Å². The summed E-state index contributed by atoms with van der Waals surface area (Å²) >= 11 is 1.30. The number of aliphatic hydroxyl groups excluding tert-OH is 1. The standard InChI is InChI=1S/C30H28N2O6S/c1-5-37-20-11-12-21(23(15-20)38-6-2)27(34)25-26(18-7-9-19(33)10-8-18)32(29(36)28(25)35)30-31-22-13-16(3)17(4)14-24(22)39-30/h7-15,26,33-34H,5-6H2,1-4H3/b27-25+. The topological polar surface area (TPSA) is 109 Å². The molecule has 1 unspecified atom stereocenters. The van der Waals surface area contributed by atoms with Crippen molar-refractivity contribution in [2.75, 3.05) is 18.1 Å². The van der Waals surface area contributed by atoms with Crippen LogP contribution in [0.3, 0.4) is 0 Å². The molecule has 4 aromatic rings. The Morgan fingerprint density at radius 3 is 2.36 bits per heavy atom. The summed E-state index contributed by atoms with van der Waals surface area (Å²) in [5.41, 5.74) is 3.57. The molecule has 3 aromatic carbocycles. The third kappa shape index (κ3) is 4.70. The van der Waals surface area contributed by atoms with Crippen LogP contribution in [0, 0.1) is 13.8 Å². The van der Waals surface area contributed by atoms with Gasteiger partial charge in [-0.2, -0.15) is 0 Å². The van der Waals surface area contributed by atoms with Gasteiger partial charge >= 0.3 is 5.91 Å². The minimum Gasteiger partial charge on any atom is -0.508 e. The Labute approximate surface area is 229 Å². The second kappa shape index (κ2) is 10.4. The molecule has 1 aliphatic heterocycles. The molecule has 2 heterocycles. The number of rotatable bonds is 7. The molecule has 200 valence electrons. The van der Waals surface area contributed by atoms with Crippen molar-refractivity contribution in [2.24, 2.45) is 0 Å². The second-order valence-electron chi connectivity index (χ2n) is 9.19. The summed E-state index contributed by atoms with van der Waals surface area (Å²) in [6.45, 7) is 8.42. The molecule has 0 spiro atoms. The number of ketones is 1. The number of carbonyl (C=O) groups is 2. The van der Waals surface area contributed by atoms with Crippen LogP contribution in [0.15, 0.2) is 60.2 Å². The van der Waals surface area contributed by atoms with E-state index in [1.165, 1.54) is 28.4 Å². The van der Waals surface area contributed by atoms with Crippen LogP contribution in [-0.2, 0) is 9.59 Å². The van der Waals surface area contributed by atoms with Crippen molar-refractivity contribution in [3.8, 4) is 17.2 Å². The fourth-order valence-electron chi connectivity index (χ4n) is 4.65. The van der Waals surface area contributed by atoms with Gasteiger partial charge < -0.3 is 19.7 Å². The van der Waals surface area contributed by atoms with Gasteiger partial charge in [0.25, 0.3) is 5.78 Å². The molecule has 1 amide bonds. The van der Waals surface area contributed by atoms with E-state index in [0.717, 1.165) is 21.3 Å². The highest BCUT2D eigenvalue weighted by molar-refractivity contribution is 7.22. The molecular weight excluding hydrogens is 516 g/mol. The van der Waals surface area contributed by atoms with E-state index in [2.05, 4.69) is 0 Å². The second-order valence-corrected chi connectivity index (χ2v) is 10.2. The molecule has 0 radical (unpaired) electrons. The number of nitrogens with zero attached hydrogens (tertiary/aromatic N) is 2. The lowest BCUT2D eigenvalue weighted by Crippen LogP contribution is -2.29. The SMILES string of the molecule is CCOc1ccc(/C(O)=C2\C(=O)C(=O)N(c3nc4cc(C)c(C)cc4s3)C2c2ccc(O)cc2)c(OCC)c1. The van der Waals surface area contributed by atoms with Gasteiger partial charge in [-0.05, 0) is 80.8 Å². The van der Waals surface area contributed by atoms with E-state index in [4.69, 9.17) is 14.5 Å². The number of fused-ring (bicyclic) bond motifs is 1. The average Bonchev–Trinajstić information content (AvgIpc) is 3.42. The summed E-state index contributed by atoms with van der Waals surface area (Å²) < 4.78 is 12.2. The first kappa shape index (κ1) is 26.2. The monoisotopic (exact) mass is 544 g/mol. The van der Waals surface area contributed by atoms with Crippen molar-refractivity contribution in [3.05, 3.63) is 82.4 Å². The van der Waals surface area contributed by atoms with Gasteiger partial charge in [-0.1, -0.05) is 23.5 Å². The van der Waals surface area contributed by atoms with Gasteiger partial charge in [-0.15, -0.1) is 0 Å². The molecule has 8 nitrogen and oxygen atoms in total. The van der Waals surface area contributed by atoms with Gasteiger partial charge in [-0.3, -0.25) is 14.5 Å². The number of hydrogen-bond acceptors (Lipinski definition) is 8. The molecule has 1 atom stereocenters. The highest BCUT2D eigenvalue weighted by atomic mass is 32.1. The molecule has 1 aromatic heterocycles. The summed E-state index contributed by atoms with van der Waals surface area (Å²) in [6.07, 6.45) is 0. The molecule has 1 saturated heterocycles. The van der Waals surface area contributed by atoms with E-state index in [1.807, 2.05) is 39.8 Å². The summed E-state index contributed by atoms with van der Waals surface area (Å²) in [5.74, 6) is -1.10. The lowest BCUT2D eigenvalue weighted by molar-refractivity contribution is -0.132. The first-order valence-electron chi connectivity index (χ1n) is 12.6. The molecular formula is C30H28N2O6S. The number of ether oxygens (including phenoxy) is 2. The fourth-order valence-corrected chi connectivity index (χ4v) is 5.72. The highest BCUT2D eigenvalue weighted by Crippen LogP contribution is 2.45. The van der Waals surface area contributed by atoms with Crippen LogP contribution in [0.5, 0.6) is 17.2 Å². The number of aromatic nitrogens is 1. The Bertz CT molecular complexity index is 1580. The smallest absolute Gasteiger partial charge is 0.301 e. The molecule has 0 saturated carbocycles. The summed E-state index contributed by atoms with van der Waals surface area (Å²) in [5, 5.41) is 21.8. The largest absolute Gasteiger partial charge is 0.508 e. The Kier molecular flexibility index (Phi) is 7.01. The van der Waals surface area contributed by atoms with Crippen molar-refractivity contribution < 1.29 is 29.3 Å². The number of hydrogen-bond donors (Lipinski definition) is 2. The predicted octanol–water partition coefficient (Wildman–Crippen LogP) is 6.04. The van der Waals surface area contributed by atoms with Gasteiger partial charge in [0.05, 0.1) is 40.6 Å². The third-order valence-electron chi connectivity index (χ3n) is 6.67. The third-order valence-corrected chi connectivity index (χ3v) is 7.69. The number of amides is 1. The Hall–Kier alpha value is -4.37. The lowest BCUT2D eigenvalue weighted by atomic mass is 9.95. The first-order chi connectivity index (χ1) is 18.7. The average molecular weight is 545 g/mol. The normalized spacial score (nSPS) is 16.7. The van der Waals surface area contributed by atoms with Gasteiger partial charge in [0, 0.05) is 6.07 Å². The van der Waals surface area contributed by atoms with Crippen LogP contribution in [0.4, 0.5) is 5.13 Å². The minimum absolute atomic E-state index is 0.0341. The van der Waals surface area contributed by atoms with Gasteiger partial charge in [0.15, 0.2) is 5.13 Å². The maximum Gasteiger partial charge on any atom is 0.301 e. The molecule has 39 heavy (non-hydrogen) atoms. The van der Waals surface area contributed by atoms with Crippen LogP contribution in [0.25, 0.3) is 16.0 Å². The van der Waals surface area contributed by atoms with Crippen molar-refractivity contribution in [2.45, 2.75) is 33.7 Å². The lowest BCUT2D eigenvalue weighted by Gasteiger charge is -2.23. The van der Waals surface area contributed by atoms with Crippen LogP contribution in [0.2, 0.25) is 0 Å². The van der Waals surface area contributed by atoms with Crippen LogP contribution >= 0.6 is 11.3 Å². The minimum atomic E-state index is -0.977. The van der Waals surface area contributed by atoms with E-state index in [1.54, 1.807) is 30.3 Å². The summed E-state index contributed by atoms with van der Waals surface area (Å²) in [6, 6.07) is 14.1. The van der Waals surface area contributed by atoms with E-state index >= 15 is 0 Å². The number of aryl methyl sites for hydroxylation is 2. The van der Waals surface area contributed by atoms with Gasteiger partial charge in [-0.25, -0.2) is 4.98 Å². The van der Waals surface area contributed by atoms with E-state index in [9.17, 15) is 19.8 Å². The van der Waals surface area contributed by atoms with Gasteiger partial charge in [0.1, 0.15) is 23.0 Å². The Balaban J connectivity index is 1.72. The molecule has 1 aliphatic rings. The number of aromatic hydroxyl groups is 1. The van der Waals surface area contributed by atoms with Gasteiger partial charge in [0.2, 0.25) is 0 Å². The molecule has 9 heteroatoms. The van der Waals surface area contributed by atoms with E-state index in [-0.39, 0.29) is 22.6 Å². The summed E-state index contributed by atoms with van der Waals surface area (Å²) in [7, 11) is 0. The van der Waals surface area contributed by atoms with E-state index in [0.29, 0.717) is 35.4 Å². The van der Waals surface area contributed by atoms with Crippen molar-refractivity contribution in [3.63, 3.8) is 0 Å². The molecule has 5 rings (SSSR count). The first-order valence-corrected chi connectivity index (χ1v) is 13.4. The maximum absolute atomic E-state index is 13.6. The number of carbonyl (C=O) groups excluding carboxylic acids is 2. The number of phenolic OH excluding ortho intramolecular Hbond substituents is 1. The van der Waals surface area contributed by atoms with E-state index < -0.39 is 17.7 Å². The molecule has 0 bridgehead atoms. The quantitative estimate of drug-likeness (QED) is 0.166. The number of phenols is 1. The van der Waals surface area contributed by atoms with Crippen molar-refractivity contribution >= 4 is 44.1 Å². The fraction of sp³-hybridized carbons (Fsp3) is 0.233. The number of aliphatic hydroxyl groups is 1. The zero-order chi connectivity index (χ0) is 27.8. The highest BCUT2D eigenvalue weighted by Gasteiger charge is 2.48. The maximum atomic E-state index is 13.6. The molecule has 2 N–H and O–H groups in total. The van der Waals surface area contributed by atoms with Crippen LogP contribution < -0.4 is 14.4 Å². The van der Waals surface area contributed by atoms with Crippen molar-refractivity contribution in [1.82, 2.24) is 4.98 Å².